The van der Waals surface area contributed by atoms with Crippen molar-refractivity contribution in [3.05, 3.63) is 82.9 Å². The highest BCUT2D eigenvalue weighted by Crippen LogP contribution is 2.35. The number of nitrogens with one attached hydrogen (secondary N) is 2. The summed E-state index contributed by atoms with van der Waals surface area (Å²) in [6.07, 6.45) is 2.72. The van der Waals surface area contributed by atoms with Crippen molar-refractivity contribution < 1.29 is 14.3 Å². The van der Waals surface area contributed by atoms with E-state index in [2.05, 4.69) is 20.5 Å². The van der Waals surface area contributed by atoms with Gasteiger partial charge in [0.25, 0.3) is 0 Å². The van der Waals surface area contributed by atoms with Crippen molar-refractivity contribution in [2.45, 2.75) is 52.7 Å². The molecule has 1 atom stereocenters. The second kappa shape index (κ2) is 9.13. The van der Waals surface area contributed by atoms with Crippen LogP contribution in [0.1, 0.15) is 54.8 Å². The Bertz CT molecular complexity index is 1310. The third-order valence-electron chi connectivity index (χ3n) is 5.54. The average molecular weight is 460 g/mol. The minimum Gasteiger partial charge on any atom is -0.443 e. The molecule has 8 nitrogen and oxygen atoms in total. The second-order valence-corrected chi connectivity index (χ2v) is 9.29. The maximum atomic E-state index is 13.7. The number of hydrogen-bond donors (Lipinski definition) is 2. The number of hydrogen-bond acceptors (Lipinski definition) is 5. The Labute approximate surface area is 198 Å². The van der Waals surface area contributed by atoms with Crippen molar-refractivity contribution in [2.75, 3.05) is 0 Å². The summed E-state index contributed by atoms with van der Waals surface area (Å²) in [4.78, 5) is 31.1. The lowest BCUT2D eigenvalue weighted by Gasteiger charge is -2.19. The molecule has 1 aromatic carbocycles. The molecule has 176 valence electrons. The average Bonchev–Trinajstić information content (AvgIpc) is 3.33. The molecule has 0 bridgehead atoms. The number of aromatic amines is 1. The molecule has 3 heterocycles. The van der Waals surface area contributed by atoms with Gasteiger partial charge in [-0.05, 0) is 57.9 Å². The van der Waals surface area contributed by atoms with E-state index in [0.29, 0.717) is 23.1 Å². The maximum Gasteiger partial charge on any atom is 0.420 e. The zero-order valence-corrected chi connectivity index (χ0v) is 20.0. The lowest BCUT2D eigenvalue weighted by Crippen LogP contribution is -2.30. The third kappa shape index (κ3) is 4.71. The van der Waals surface area contributed by atoms with Crippen LogP contribution in [0.15, 0.2) is 54.9 Å². The Hall–Kier alpha value is -3.94. The molecule has 1 unspecified atom stereocenters. The van der Waals surface area contributed by atoms with Gasteiger partial charge in [0.05, 0.1) is 11.6 Å². The van der Waals surface area contributed by atoms with Crippen molar-refractivity contribution in [3.8, 4) is 0 Å². The quantitative estimate of drug-likeness (QED) is 0.454. The monoisotopic (exact) mass is 459 g/mol. The van der Waals surface area contributed by atoms with Gasteiger partial charge in [-0.15, -0.1) is 0 Å². The summed E-state index contributed by atoms with van der Waals surface area (Å²) in [6.45, 7) is 9.56. The van der Waals surface area contributed by atoms with Crippen LogP contribution < -0.4 is 5.32 Å². The van der Waals surface area contributed by atoms with Crippen LogP contribution in [0.4, 0.5) is 4.79 Å². The van der Waals surface area contributed by atoms with Crippen LogP contribution in [-0.2, 0) is 16.1 Å². The molecule has 34 heavy (non-hydrogen) atoms. The topological polar surface area (TPSA) is 102 Å². The minimum absolute atomic E-state index is 0.191. The van der Waals surface area contributed by atoms with Gasteiger partial charge < -0.3 is 10.1 Å². The predicted octanol–water partition coefficient (Wildman–Crippen LogP) is 4.61. The molecule has 0 radical (unpaired) electrons. The fourth-order valence-corrected chi connectivity index (χ4v) is 4.06. The van der Waals surface area contributed by atoms with E-state index < -0.39 is 17.6 Å². The molecular weight excluding hydrogens is 430 g/mol. The Morgan fingerprint density at radius 2 is 1.85 bits per heavy atom. The maximum absolute atomic E-state index is 13.7. The molecule has 4 aromatic rings. The number of H-pyrrole nitrogens is 1. The Balaban J connectivity index is 1.81. The highest BCUT2D eigenvalue weighted by atomic mass is 16.6. The number of fused-ring (bicyclic) bond motifs is 1. The fraction of sp³-hybridized carbons (Fsp3) is 0.308. The SMILES string of the molecule is Cc1n[nH]c(C)c1C(C(=O)NCc1ccccc1)c1cn(C(=O)OC(C)(C)C)c2ncccc12. The highest BCUT2D eigenvalue weighted by Gasteiger charge is 2.32. The van der Waals surface area contributed by atoms with Crippen molar-refractivity contribution >= 4 is 23.0 Å². The first kappa shape index (κ1) is 23.2. The number of aryl methyl sites for hydroxylation is 2. The smallest absolute Gasteiger partial charge is 0.420 e. The summed E-state index contributed by atoms with van der Waals surface area (Å²) in [6, 6.07) is 13.4. The van der Waals surface area contributed by atoms with Crippen LogP contribution in [-0.4, -0.2) is 37.3 Å². The van der Waals surface area contributed by atoms with Crippen molar-refractivity contribution in [1.29, 1.82) is 0 Å². The third-order valence-corrected chi connectivity index (χ3v) is 5.54. The van der Waals surface area contributed by atoms with Gasteiger partial charge in [0.2, 0.25) is 5.91 Å². The van der Waals surface area contributed by atoms with Crippen molar-refractivity contribution in [2.24, 2.45) is 0 Å². The largest absolute Gasteiger partial charge is 0.443 e. The molecule has 8 heteroatoms. The molecular formula is C26H29N5O3. The number of ether oxygens (including phenoxy) is 1. The summed E-state index contributed by atoms with van der Waals surface area (Å²) in [5, 5.41) is 11.1. The first-order chi connectivity index (χ1) is 16.2. The minimum atomic E-state index is -0.696. The molecule has 4 rings (SSSR count). The van der Waals surface area contributed by atoms with Crippen LogP contribution in [0.25, 0.3) is 11.0 Å². The van der Waals surface area contributed by atoms with Crippen LogP contribution in [0.2, 0.25) is 0 Å². The van der Waals surface area contributed by atoms with E-state index in [1.807, 2.05) is 71.0 Å². The van der Waals surface area contributed by atoms with Gasteiger partial charge in [-0.3, -0.25) is 9.89 Å². The predicted molar refractivity (Wildman–Crippen MR) is 130 cm³/mol. The summed E-state index contributed by atoms with van der Waals surface area (Å²) in [7, 11) is 0. The molecule has 0 saturated heterocycles. The van der Waals surface area contributed by atoms with E-state index in [9.17, 15) is 9.59 Å². The number of carbonyl (C=O) groups is 2. The Kier molecular flexibility index (Phi) is 6.24. The van der Waals surface area contributed by atoms with Gasteiger partial charge >= 0.3 is 6.09 Å². The van der Waals surface area contributed by atoms with Gasteiger partial charge in [-0.1, -0.05) is 30.3 Å². The van der Waals surface area contributed by atoms with E-state index in [4.69, 9.17) is 4.74 Å². The van der Waals surface area contributed by atoms with E-state index in [-0.39, 0.29) is 5.91 Å². The standard InChI is InChI=1S/C26H29N5O3/c1-16-21(17(2)30-29-16)22(24(32)28-14-18-10-7-6-8-11-18)20-15-31(25(33)34-26(3,4)5)23-19(20)12-9-13-27-23/h6-13,15,22H,14H2,1-5H3,(H,28,32)(H,29,30). The molecule has 3 aromatic heterocycles. The number of carbonyl (C=O) groups excluding carboxylic acids is 2. The van der Waals surface area contributed by atoms with E-state index in [1.54, 1.807) is 18.5 Å². The van der Waals surface area contributed by atoms with Gasteiger partial charge in [0.1, 0.15) is 11.2 Å². The van der Waals surface area contributed by atoms with E-state index in [0.717, 1.165) is 22.5 Å². The molecule has 0 aliphatic heterocycles. The fourth-order valence-electron chi connectivity index (χ4n) is 4.06. The summed E-state index contributed by atoms with van der Waals surface area (Å²) < 4.78 is 6.97. The molecule has 0 aliphatic carbocycles. The number of aromatic nitrogens is 4. The molecule has 1 amide bonds. The lowest BCUT2D eigenvalue weighted by atomic mass is 9.89. The summed E-state index contributed by atoms with van der Waals surface area (Å²) in [5.74, 6) is -0.888. The number of pyridine rings is 1. The number of rotatable bonds is 5. The van der Waals surface area contributed by atoms with Gasteiger partial charge in [-0.2, -0.15) is 5.10 Å². The summed E-state index contributed by atoms with van der Waals surface area (Å²) in [5.41, 5.74) is 3.70. The normalized spacial score (nSPS) is 12.5. The molecule has 0 spiro atoms. The summed E-state index contributed by atoms with van der Waals surface area (Å²) >= 11 is 0. The Morgan fingerprint density at radius 1 is 1.12 bits per heavy atom. The van der Waals surface area contributed by atoms with Crippen molar-refractivity contribution in [1.82, 2.24) is 25.1 Å². The van der Waals surface area contributed by atoms with Crippen molar-refractivity contribution in [3.63, 3.8) is 0 Å². The van der Waals surface area contributed by atoms with Crippen LogP contribution in [0.5, 0.6) is 0 Å². The van der Waals surface area contributed by atoms with Gasteiger partial charge in [-0.25, -0.2) is 14.3 Å². The number of amides is 1. The second-order valence-electron chi connectivity index (χ2n) is 9.29. The molecule has 0 aliphatic rings. The van der Waals surface area contributed by atoms with Crippen LogP contribution in [0.3, 0.4) is 0 Å². The number of benzene rings is 1. The Morgan fingerprint density at radius 3 is 2.50 bits per heavy atom. The zero-order valence-electron chi connectivity index (χ0n) is 20.0. The molecule has 2 N–H and O–H groups in total. The molecule has 0 saturated carbocycles. The molecule has 0 fully saturated rings. The van der Waals surface area contributed by atoms with Crippen LogP contribution in [0, 0.1) is 13.8 Å². The first-order valence-electron chi connectivity index (χ1n) is 11.2. The van der Waals surface area contributed by atoms with E-state index in [1.165, 1.54) is 4.57 Å². The zero-order chi connectivity index (χ0) is 24.5. The van der Waals surface area contributed by atoms with Gasteiger partial charge in [0, 0.05) is 35.6 Å². The van der Waals surface area contributed by atoms with Crippen LogP contribution >= 0.6 is 0 Å². The van der Waals surface area contributed by atoms with Gasteiger partial charge in [0.15, 0.2) is 0 Å². The first-order valence-corrected chi connectivity index (χ1v) is 11.2. The lowest BCUT2D eigenvalue weighted by molar-refractivity contribution is -0.121. The van der Waals surface area contributed by atoms with E-state index >= 15 is 0 Å². The number of nitrogens with zero attached hydrogens (tertiary/aromatic N) is 3. The highest BCUT2D eigenvalue weighted by molar-refractivity contribution is 5.96.